The van der Waals surface area contributed by atoms with E-state index in [4.69, 9.17) is 17.0 Å². The summed E-state index contributed by atoms with van der Waals surface area (Å²) in [6.07, 6.45) is 0. The Morgan fingerprint density at radius 1 is 1.04 bits per heavy atom. The number of hydrogen-bond acceptors (Lipinski definition) is 3. The monoisotopic (exact) mass is 368 g/mol. The van der Waals surface area contributed by atoms with Gasteiger partial charge in [-0.05, 0) is 60.4 Å². The van der Waals surface area contributed by atoms with Crippen molar-refractivity contribution in [3.63, 3.8) is 0 Å². The molecule has 1 heterocycles. The van der Waals surface area contributed by atoms with Crippen LogP contribution in [0.1, 0.15) is 23.4 Å². The second-order valence-corrected chi connectivity index (χ2v) is 6.80. The maximum absolute atomic E-state index is 5.52. The maximum atomic E-state index is 5.52. The smallest absolute Gasteiger partial charge is 0.171 e. The number of rotatable bonds is 6. The zero-order valence-corrected chi connectivity index (χ0v) is 15.6. The van der Waals surface area contributed by atoms with Gasteiger partial charge in [-0.25, -0.2) is 0 Å². The third-order valence-corrected chi connectivity index (χ3v) is 4.82. The number of benzene rings is 2. The van der Waals surface area contributed by atoms with Gasteiger partial charge in [0, 0.05) is 10.6 Å². The molecule has 0 radical (unpaired) electrons. The Morgan fingerprint density at radius 3 is 2.44 bits per heavy atom. The highest BCUT2D eigenvalue weighted by Crippen LogP contribution is 2.26. The molecule has 0 aliphatic heterocycles. The van der Waals surface area contributed by atoms with E-state index in [0.29, 0.717) is 11.7 Å². The molecule has 0 unspecified atom stereocenters. The molecule has 0 aliphatic carbocycles. The Bertz CT molecular complexity index is 786. The molecule has 5 heteroatoms. The van der Waals surface area contributed by atoms with Crippen LogP contribution in [0.5, 0.6) is 5.75 Å². The van der Waals surface area contributed by atoms with Crippen molar-refractivity contribution in [3.05, 3.63) is 82.6 Å². The van der Waals surface area contributed by atoms with Gasteiger partial charge in [0.15, 0.2) is 5.11 Å². The van der Waals surface area contributed by atoms with Gasteiger partial charge in [-0.1, -0.05) is 36.4 Å². The molecule has 1 aromatic heterocycles. The summed E-state index contributed by atoms with van der Waals surface area (Å²) >= 11 is 7.24. The number of hydrogen-bond donors (Lipinski definition) is 2. The zero-order chi connectivity index (χ0) is 17.5. The summed E-state index contributed by atoms with van der Waals surface area (Å²) in [5.41, 5.74) is 2.11. The van der Waals surface area contributed by atoms with Crippen molar-refractivity contribution in [1.29, 1.82) is 0 Å². The van der Waals surface area contributed by atoms with Gasteiger partial charge in [0.05, 0.1) is 12.6 Å². The van der Waals surface area contributed by atoms with Crippen LogP contribution in [0, 0.1) is 0 Å². The molecule has 0 spiro atoms. The van der Waals surface area contributed by atoms with Gasteiger partial charge in [0.2, 0.25) is 0 Å². The Labute approximate surface area is 157 Å². The van der Waals surface area contributed by atoms with Gasteiger partial charge in [-0.3, -0.25) is 0 Å². The third-order valence-electron chi connectivity index (χ3n) is 3.66. The molecule has 2 aromatic carbocycles. The molecule has 3 aromatic rings. The van der Waals surface area contributed by atoms with Crippen molar-refractivity contribution in [2.75, 3.05) is 11.9 Å². The number of ether oxygens (including phenoxy) is 1. The van der Waals surface area contributed by atoms with Crippen LogP contribution in [0.4, 0.5) is 5.69 Å². The summed E-state index contributed by atoms with van der Waals surface area (Å²) in [5.74, 6) is 0.854. The van der Waals surface area contributed by atoms with Gasteiger partial charge in [0.25, 0.3) is 0 Å². The summed E-state index contributed by atoms with van der Waals surface area (Å²) in [6, 6.07) is 22.3. The molecule has 0 fully saturated rings. The molecule has 1 atom stereocenters. The summed E-state index contributed by atoms with van der Waals surface area (Å²) in [4.78, 5) is 1.22. The van der Waals surface area contributed by atoms with E-state index in [2.05, 4.69) is 40.3 Å². The summed E-state index contributed by atoms with van der Waals surface area (Å²) in [7, 11) is 0. The predicted octanol–water partition coefficient (Wildman–Crippen LogP) is 5.22. The highest BCUT2D eigenvalue weighted by molar-refractivity contribution is 7.80. The summed E-state index contributed by atoms with van der Waals surface area (Å²) in [6.45, 7) is 2.63. The first kappa shape index (κ1) is 17.5. The SMILES string of the molecule is CCOc1ccc(NC(=S)N[C@@H](c2ccccc2)c2cccs2)cc1. The van der Waals surface area contributed by atoms with Crippen molar-refractivity contribution < 1.29 is 4.74 Å². The lowest BCUT2D eigenvalue weighted by molar-refractivity contribution is 0.340. The van der Waals surface area contributed by atoms with Crippen LogP contribution in [-0.4, -0.2) is 11.7 Å². The highest BCUT2D eigenvalue weighted by Gasteiger charge is 2.16. The minimum atomic E-state index is 0.0314. The second-order valence-electron chi connectivity index (χ2n) is 5.41. The van der Waals surface area contributed by atoms with Crippen LogP contribution in [0.3, 0.4) is 0 Å². The van der Waals surface area contributed by atoms with Crippen LogP contribution in [-0.2, 0) is 0 Å². The Morgan fingerprint density at radius 2 is 1.80 bits per heavy atom. The lowest BCUT2D eigenvalue weighted by atomic mass is 10.1. The molecular formula is C20H20N2OS2. The Hall–Kier alpha value is -2.37. The first-order chi connectivity index (χ1) is 12.3. The first-order valence-corrected chi connectivity index (χ1v) is 9.44. The normalized spacial score (nSPS) is 11.6. The van der Waals surface area contributed by atoms with E-state index in [0.717, 1.165) is 11.4 Å². The molecule has 0 saturated carbocycles. The van der Waals surface area contributed by atoms with E-state index in [1.54, 1.807) is 11.3 Å². The first-order valence-electron chi connectivity index (χ1n) is 8.15. The summed E-state index contributed by atoms with van der Waals surface area (Å²) < 4.78 is 5.46. The van der Waals surface area contributed by atoms with Gasteiger partial charge in [0.1, 0.15) is 5.75 Å². The Balaban J connectivity index is 1.70. The lowest BCUT2D eigenvalue weighted by Gasteiger charge is -2.20. The second kappa shape index (κ2) is 8.65. The zero-order valence-electron chi connectivity index (χ0n) is 13.9. The molecule has 3 nitrogen and oxygen atoms in total. The van der Waals surface area contributed by atoms with Gasteiger partial charge < -0.3 is 15.4 Å². The van der Waals surface area contributed by atoms with Crippen molar-refractivity contribution in [2.24, 2.45) is 0 Å². The standard InChI is InChI=1S/C20H20N2OS2/c1-2-23-17-12-10-16(11-13-17)21-20(24)22-19(18-9-6-14-25-18)15-7-4-3-5-8-15/h3-14,19H,2H2,1H3,(H2,21,22,24)/t19-/m0/s1. The molecule has 0 bridgehead atoms. The predicted molar refractivity (Wildman–Crippen MR) is 110 cm³/mol. The van der Waals surface area contributed by atoms with Crippen molar-refractivity contribution in [2.45, 2.75) is 13.0 Å². The molecule has 2 N–H and O–H groups in total. The van der Waals surface area contributed by atoms with E-state index in [1.807, 2.05) is 49.4 Å². The molecule has 0 aliphatic rings. The molecule has 128 valence electrons. The fourth-order valence-electron chi connectivity index (χ4n) is 2.52. The summed E-state index contributed by atoms with van der Waals surface area (Å²) in [5, 5.41) is 9.33. The molecule has 25 heavy (non-hydrogen) atoms. The van der Waals surface area contributed by atoms with E-state index < -0.39 is 0 Å². The van der Waals surface area contributed by atoms with Crippen molar-refractivity contribution >= 4 is 34.4 Å². The molecule has 0 saturated heterocycles. The topological polar surface area (TPSA) is 33.3 Å². The van der Waals surface area contributed by atoms with Gasteiger partial charge in [-0.15, -0.1) is 11.3 Å². The van der Waals surface area contributed by atoms with Crippen LogP contribution >= 0.6 is 23.6 Å². The van der Waals surface area contributed by atoms with E-state index in [1.165, 1.54) is 10.4 Å². The average molecular weight is 369 g/mol. The minimum Gasteiger partial charge on any atom is -0.494 e. The van der Waals surface area contributed by atoms with Crippen molar-refractivity contribution in [3.8, 4) is 5.75 Å². The largest absolute Gasteiger partial charge is 0.494 e. The van der Waals surface area contributed by atoms with Crippen LogP contribution in [0.15, 0.2) is 72.1 Å². The Kier molecular flexibility index (Phi) is 6.04. The molecular weight excluding hydrogens is 348 g/mol. The number of anilines is 1. The van der Waals surface area contributed by atoms with Gasteiger partial charge in [-0.2, -0.15) is 0 Å². The number of nitrogens with one attached hydrogen (secondary N) is 2. The van der Waals surface area contributed by atoms with Crippen LogP contribution in [0.25, 0.3) is 0 Å². The fourth-order valence-corrected chi connectivity index (χ4v) is 3.56. The van der Waals surface area contributed by atoms with Crippen molar-refractivity contribution in [1.82, 2.24) is 5.32 Å². The molecule has 0 amide bonds. The van der Waals surface area contributed by atoms with Crippen LogP contribution in [0.2, 0.25) is 0 Å². The number of thiophene rings is 1. The van der Waals surface area contributed by atoms with Crippen LogP contribution < -0.4 is 15.4 Å². The highest BCUT2D eigenvalue weighted by atomic mass is 32.1. The van der Waals surface area contributed by atoms with Gasteiger partial charge >= 0.3 is 0 Å². The molecule has 3 rings (SSSR count). The third kappa shape index (κ3) is 4.81. The minimum absolute atomic E-state index is 0.0314. The fraction of sp³-hybridized carbons (Fsp3) is 0.150. The average Bonchev–Trinajstić information content (AvgIpc) is 3.17. The van der Waals surface area contributed by atoms with E-state index in [9.17, 15) is 0 Å². The lowest BCUT2D eigenvalue weighted by Crippen LogP contribution is -2.32. The maximum Gasteiger partial charge on any atom is 0.171 e. The number of thiocarbonyl (C=S) groups is 1. The van der Waals surface area contributed by atoms with E-state index in [-0.39, 0.29) is 6.04 Å². The van der Waals surface area contributed by atoms with E-state index >= 15 is 0 Å². The quantitative estimate of drug-likeness (QED) is 0.584.